The summed E-state index contributed by atoms with van der Waals surface area (Å²) in [7, 11) is 0. The average molecular weight is 288 g/mol. The van der Waals surface area contributed by atoms with E-state index in [-0.39, 0.29) is 18.1 Å². The second kappa shape index (κ2) is 6.12. The van der Waals surface area contributed by atoms with Crippen LogP contribution in [-0.4, -0.2) is 16.9 Å². The van der Waals surface area contributed by atoms with E-state index in [2.05, 4.69) is 23.7 Å². The number of hydrogen-bond donors (Lipinski definition) is 1. The summed E-state index contributed by atoms with van der Waals surface area (Å²) in [5.74, 6) is -0.301. The van der Waals surface area contributed by atoms with E-state index < -0.39 is 0 Å². The Morgan fingerprint density at radius 2 is 2.00 bits per heavy atom. The fourth-order valence-corrected chi connectivity index (χ4v) is 2.73. The second-order valence-electron chi connectivity index (χ2n) is 5.54. The Balaban J connectivity index is 2.12. The Labute approximate surface area is 124 Å². The lowest BCUT2D eigenvalue weighted by Gasteiger charge is -2.13. The number of nitrogens with zero attached hydrogens (tertiary/aromatic N) is 1. The summed E-state index contributed by atoms with van der Waals surface area (Å²) in [6.07, 6.45) is 0. The summed E-state index contributed by atoms with van der Waals surface area (Å²) >= 11 is 0. The lowest BCUT2D eigenvalue weighted by molar-refractivity contribution is 0.101. The van der Waals surface area contributed by atoms with Crippen LogP contribution >= 0.6 is 0 Å². The van der Waals surface area contributed by atoms with E-state index in [0.29, 0.717) is 11.7 Å². The van der Waals surface area contributed by atoms with Crippen LogP contribution in [0.2, 0.25) is 0 Å². The fourth-order valence-electron chi connectivity index (χ4n) is 2.73. The maximum Gasteiger partial charge on any atom is 0.183 e. The molecule has 0 unspecified atom stereocenters. The van der Waals surface area contributed by atoms with Crippen molar-refractivity contribution >= 4 is 11.5 Å². The molecule has 2 aromatic rings. The number of carbonyl (C=O) groups excluding carboxylic acids is 1. The Morgan fingerprint density at radius 3 is 2.57 bits per heavy atom. The maximum atomic E-state index is 13.1. The molecule has 0 bridgehead atoms. The Hall–Kier alpha value is -2.10. The van der Waals surface area contributed by atoms with E-state index in [9.17, 15) is 9.18 Å². The molecule has 0 saturated heterocycles. The molecule has 0 amide bonds. The number of nitrogens with one attached hydrogen (secondary N) is 1. The van der Waals surface area contributed by atoms with E-state index in [4.69, 9.17) is 0 Å². The zero-order valence-electron chi connectivity index (χ0n) is 12.9. The molecule has 0 saturated carbocycles. The molecule has 0 radical (unpaired) electrons. The predicted molar refractivity (Wildman–Crippen MR) is 83.5 cm³/mol. The molecule has 21 heavy (non-hydrogen) atoms. The quantitative estimate of drug-likeness (QED) is 0.840. The van der Waals surface area contributed by atoms with Crippen LogP contribution in [0.25, 0.3) is 0 Å². The molecule has 0 fully saturated rings. The molecule has 0 aliphatic rings. The number of Topliss-reactive ketones (excluding diaryl/α,β-unsaturated/α-hetero) is 1. The minimum atomic E-state index is -0.314. The lowest BCUT2D eigenvalue weighted by atomic mass is 10.1. The Morgan fingerprint density at radius 1 is 1.29 bits per heavy atom. The lowest BCUT2D eigenvalue weighted by Crippen LogP contribution is -2.15. The molecule has 0 atom stereocenters. The molecule has 4 heteroatoms. The molecule has 2 rings (SSSR count). The molecule has 0 spiro atoms. The third kappa shape index (κ3) is 3.32. The van der Waals surface area contributed by atoms with Gasteiger partial charge in [0.15, 0.2) is 5.78 Å². The van der Waals surface area contributed by atoms with Crippen molar-refractivity contribution in [2.75, 3.05) is 11.9 Å². The van der Waals surface area contributed by atoms with Crippen molar-refractivity contribution in [3.8, 4) is 0 Å². The molecular weight excluding hydrogens is 267 g/mol. The highest BCUT2D eigenvalue weighted by molar-refractivity contribution is 6.00. The van der Waals surface area contributed by atoms with Crippen molar-refractivity contribution in [1.29, 1.82) is 0 Å². The average Bonchev–Trinajstić information content (AvgIpc) is 2.71. The number of benzene rings is 1. The van der Waals surface area contributed by atoms with Crippen LogP contribution in [0.4, 0.5) is 10.1 Å². The highest BCUT2D eigenvalue weighted by Gasteiger charge is 2.16. The highest BCUT2D eigenvalue weighted by Crippen LogP contribution is 2.20. The zero-order valence-corrected chi connectivity index (χ0v) is 12.9. The first kappa shape index (κ1) is 15.3. The third-order valence-corrected chi connectivity index (χ3v) is 3.58. The Kier molecular flexibility index (Phi) is 4.46. The van der Waals surface area contributed by atoms with Gasteiger partial charge in [-0.3, -0.25) is 4.79 Å². The minimum Gasteiger partial charge on any atom is -0.377 e. The van der Waals surface area contributed by atoms with E-state index in [1.165, 1.54) is 12.1 Å². The van der Waals surface area contributed by atoms with Crippen molar-refractivity contribution in [1.82, 2.24) is 4.57 Å². The summed E-state index contributed by atoms with van der Waals surface area (Å²) in [6.45, 7) is 8.32. The van der Waals surface area contributed by atoms with Crippen LogP contribution in [0.1, 0.15) is 41.6 Å². The summed E-state index contributed by atoms with van der Waals surface area (Å²) in [4.78, 5) is 12.3. The van der Waals surface area contributed by atoms with Crippen LogP contribution in [-0.2, 0) is 0 Å². The summed E-state index contributed by atoms with van der Waals surface area (Å²) < 4.78 is 15.2. The van der Waals surface area contributed by atoms with Crippen LogP contribution < -0.4 is 5.32 Å². The minimum absolute atomic E-state index is 0.0132. The van der Waals surface area contributed by atoms with Gasteiger partial charge in [-0.2, -0.15) is 0 Å². The summed E-state index contributed by atoms with van der Waals surface area (Å²) in [5, 5.41) is 2.97. The normalized spacial score (nSPS) is 11.0. The maximum absolute atomic E-state index is 13.1. The smallest absolute Gasteiger partial charge is 0.183 e. The predicted octanol–water partition coefficient (Wildman–Crippen LogP) is 4.12. The van der Waals surface area contributed by atoms with Gasteiger partial charge in [-0.1, -0.05) is 6.07 Å². The largest absolute Gasteiger partial charge is 0.377 e. The van der Waals surface area contributed by atoms with Crippen molar-refractivity contribution in [2.45, 2.75) is 33.7 Å². The standard InChI is InChI=1S/C17H21FN2O/c1-11(2)20-12(3)8-16(13(20)4)17(21)10-19-15-7-5-6-14(18)9-15/h5-9,11,19H,10H2,1-4H3. The number of hydrogen-bond acceptors (Lipinski definition) is 2. The second-order valence-corrected chi connectivity index (χ2v) is 5.54. The van der Waals surface area contributed by atoms with E-state index in [1.54, 1.807) is 12.1 Å². The van der Waals surface area contributed by atoms with Crippen LogP contribution in [0.3, 0.4) is 0 Å². The van der Waals surface area contributed by atoms with Gasteiger partial charge in [0.05, 0.1) is 6.54 Å². The molecule has 0 aliphatic carbocycles. The molecule has 0 aliphatic heterocycles. The first-order chi connectivity index (χ1) is 9.90. The van der Waals surface area contributed by atoms with Crippen LogP contribution in [0.15, 0.2) is 30.3 Å². The Bertz CT molecular complexity index is 659. The van der Waals surface area contributed by atoms with E-state index >= 15 is 0 Å². The van der Waals surface area contributed by atoms with Crippen molar-refractivity contribution in [2.24, 2.45) is 0 Å². The number of anilines is 1. The van der Waals surface area contributed by atoms with E-state index in [1.807, 2.05) is 19.9 Å². The SMILES string of the molecule is Cc1cc(C(=O)CNc2cccc(F)c2)c(C)n1C(C)C. The third-order valence-electron chi connectivity index (χ3n) is 3.58. The van der Waals surface area contributed by atoms with Crippen molar-refractivity contribution in [3.05, 3.63) is 53.1 Å². The van der Waals surface area contributed by atoms with Gasteiger partial charge in [-0.05, 0) is 52.0 Å². The van der Waals surface area contributed by atoms with Gasteiger partial charge >= 0.3 is 0 Å². The van der Waals surface area contributed by atoms with Crippen molar-refractivity contribution in [3.63, 3.8) is 0 Å². The van der Waals surface area contributed by atoms with Crippen LogP contribution in [0, 0.1) is 19.7 Å². The van der Waals surface area contributed by atoms with Gasteiger partial charge in [-0.25, -0.2) is 4.39 Å². The fraction of sp³-hybridized carbons (Fsp3) is 0.353. The van der Waals surface area contributed by atoms with Gasteiger partial charge in [0.25, 0.3) is 0 Å². The highest BCUT2D eigenvalue weighted by atomic mass is 19.1. The molecule has 3 nitrogen and oxygen atoms in total. The topological polar surface area (TPSA) is 34.0 Å². The first-order valence-electron chi connectivity index (χ1n) is 7.11. The molecular formula is C17H21FN2O. The summed E-state index contributed by atoms with van der Waals surface area (Å²) in [6, 6.07) is 8.36. The first-order valence-corrected chi connectivity index (χ1v) is 7.11. The number of ketones is 1. The molecule has 1 aromatic heterocycles. The number of carbonyl (C=O) groups is 1. The summed E-state index contributed by atoms with van der Waals surface area (Å²) in [5.41, 5.74) is 3.40. The number of aromatic nitrogens is 1. The molecule has 1 aromatic carbocycles. The number of rotatable bonds is 5. The molecule has 1 N–H and O–H groups in total. The number of halogens is 1. The van der Waals surface area contributed by atoms with Gasteiger partial charge in [0.2, 0.25) is 0 Å². The molecule has 1 heterocycles. The monoisotopic (exact) mass is 288 g/mol. The van der Waals surface area contributed by atoms with Gasteiger partial charge in [-0.15, -0.1) is 0 Å². The molecule has 112 valence electrons. The van der Waals surface area contributed by atoms with E-state index in [0.717, 1.165) is 17.0 Å². The van der Waals surface area contributed by atoms with Crippen LogP contribution in [0.5, 0.6) is 0 Å². The van der Waals surface area contributed by atoms with Gasteiger partial charge in [0, 0.05) is 28.7 Å². The van der Waals surface area contributed by atoms with Crippen molar-refractivity contribution < 1.29 is 9.18 Å². The van der Waals surface area contributed by atoms with Gasteiger partial charge in [0.1, 0.15) is 5.82 Å². The zero-order chi connectivity index (χ0) is 15.6. The number of aryl methyl sites for hydroxylation is 1. The van der Waals surface area contributed by atoms with Gasteiger partial charge < -0.3 is 9.88 Å².